The molecule has 0 aromatic heterocycles. The number of morpholine rings is 1. The van der Waals surface area contributed by atoms with E-state index >= 15 is 0 Å². The van der Waals surface area contributed by atoms with Gasteiger partial charge in [-0.1, -0.05) is 0 Å². The molecule has 2 unspecified atom stereocenters. The van der Waals surface area contributed by atoms with E-state index in [0.717, 1.165) is 0 Å². The van der Waals surface area contributed by atoms with Gasteiger partial charge in [0.2, 0.25) is 5.91 Å². The van der Waals surface area contributed by atoms with Crippen molar-refractivity contribution >= 4 is 15.7 Å². The van der Waals surface area contributed by atoms with Crippen LogP contribution in [-0.4, -0.2) is 56.5 Å². The lowest BCUT2D eigenvalue weighted by atomic mass is 10.1. The third-order valence-electron chi connectivity index (χ3n) is 2.58. The highest BCUT2D eigenvalue weighted by atomic mass is 32.2. The number of fused-ring (bicyclic) bond motifs is 1. The van der Waals surface area contributed by atoms with Crippen LogP contribution in [0.25, 0.3) is 0 Å². The van der Waals surface area contributed by atoms with Crippen LogP contribution in [0.4, 0.5) is 0 Å². The van der Waals surface area contributed by atoms with Gasteiger partial charge in [0, 0.05) is 7.05 Å². The van der Waals surface area contributed by atoms with Crippen molar-refractivity contribution in [1.82, 2.24) is 4.90 Å². The number of nitrogens with zero attached hydrogens (tertiary/aromatic N) is 1. The predicted molar refractivity (Wildman–Crippen MR) is 45.0 cm³/mol. The predicted octanol–water partition coefficient (Wildman–Crippen LogP) is -1.36. The summed E-state index contributed by atoms with van der Waals surface area (Å²) in [6.07, 6.45) is -0.312. The molecule has 2 fully saturated rings. The summed E-state index contributed by atoms with van der Waals surface area (Å²) in [5, 5.41) is 0. The van der Waals surface area contributed by atoms with Crippen LogP contribution in [-0.2, 0) is 19.4 Å². The van der Waals surface area contributed by atoms with Crippen molar-refractivity contribution in [3.63, 3.8) is 0 Å². The Morgan fingerprint density at radius 2 is 2.15 bits per heavy atom. The van der Waals surface area contributed by atoms with Crippen molar-refractivity contribution in [2.45, 2.75) is 12.1 Å². The molecule has 5 nitrogen and oxygen atoms in total. The van der Waals surface area contributed by atoms with Crippen LogP contribution in [0, 0.1) is 0 Å². The molecular formula is C7H11NO4S. The molecule has 1 amide bonds. The SMILES string of the molecule is CN1C(=O)COC2CS(=O)(=O)CC21. The van der Waals surface area contributed by atoms with Crippen molar-refractivity contribution in [2.75, 3.05) is 25.2 Å². The molecule has 0 aliphatic carbocycles. The summed E-state index contributed by atoms with van der Waals surface area (Å²) in [7, 11) is -1.38. The summed E-state index contributed by atoms with van der Waals surface area (Å²) in [5.74, 6) is -0.0480. The summed E-state index contributed by atoms with van der Waals surface area (Å²) >= 11 is 0. The molecule has 2 aliphatic heterocycles. The smallest absolute Gasteiger partial charge is 0.248 e. The Bertz CT molecular complexity index is 336. The number of carbonyl (C=O) groups is 1. The maximum atomic E-state index is 11.2. The van der Waals surface area contributed by atoms with Crippen molar-refractivity contribution < 1.29 is 17.9 Å². The average Bonchev–Trinajstić information content (AvgIpc) is 2.34. The molecule has 0 saturated carbocycles. The Morgan fingerprint density at radius 3 is 2.85 bits per heavy atom. The number of hydrogen-bond acceptors (Lipinski definition) is 4. The lowest BCUT2D eigenvalue weighted by Gasteiger charge is -2.33. The molecule has 13 heavy (non-hydrogen) atoms. The van der Waals surface area contributed by atoms with E-state index in [1.165, 1.54) is 4.90 Å². The molecule has 2 atom stereocenters. The van der Waals surface area contributed by atoms with Gasteiger partial charge < -0.3 is 9.64 Å². The van der Waals surface area contributed by atoms with Gasteiger partial charge in [-0.2, -0.15) is 0 Å². The zero-order chi connectivity index (χ0) is 9.64. The van der Waals surface area contributed by atoms with E-state index in [9.17, 15) is 13.2 Å². The van der Waals surface area contributed by atoms with Crippen LogP contribution in [0.5, 0.6) is 0 Å². The molecule has 0 radical (unpaired) electrons. The fraction of sp³-hybridized carbons (Fsp3) is 0.857. The summed E-state index contributed by atoms with van der Waals surface area (Å²) in [4.78, 5) is 12.6. The molecule has 0 spiro atoms. The van der Waals surface area contributed by atoms with Crippen LogP contribution in [0.3, 0.4) is 0 Å². The van der Waals surface area contributed by atoms with Gasteiger partial charge in [-0.15, -0.1) is 0 Å². The molecule has 2 rings (SSSR count). The van der Waals surface area contributed by atoms with Gasteiger partial charge in [-0.05, 0) is 0 Å². The Balaban J connectivity index is 2.25. The number of amides is 1. The standard InChI is InChI=1S/C7H11NO4S/c1-8-5-3-13(10,11)4-6(5)12-2-7(8)9/h5-6H,2-4H2,1H3. The van der Waals surface area contributed by atoms with Crippen molar-refractivity contribution in [3.8, 4) is 0 Å². The Labute approximate surface area is 76.6 Å². The molecule has 2 saturated heterocycles. The van der Waals surface area contributed by atoms with Crippen LogP contribution in [0.1, 0.15) is 0 Å². The van der Waals surface area contributed by atoms with E-state index < -0.39 is 9.84 Å². The van der Waals surface area contributed by atoms with E-state index in [4.69, 9.17) is 4.74 Å². The van der Waals surface area contributed by atoms with Crippen molar-refractivity contribution in [2.24, 2.45) is 0 Å². The normalized spacial score (nSPS) is 37.6. The first-order chi connectivity index (χ1) is 5.99. The van der Waals surface area contributed by atoms with Gasteiger partial charge in [-0.3, -0.25) is 4.79 Å². The zero-order valence-corrected chi connectivity index (χ0v) is 8.08. The maximum Gasteiger partial charge on any atom is 0.248 e. The second-order valence-electron chi connectivity index (χ2n) is 3.50. The molecule has 6 heteroatoms. The zero-order valence-electron chi connectivity index (χ0n) is 7.26. The Morgan fingerprint density at radius 1 is 1.46 bits per heavy atom. The summed E-state index contributed by atoms with van der Waals surface area (Å²) in [6.45, 7) is 0.00713. The molecule has 0 aromatic rings. The van der Waals surface area contributed by atoms with E-state index in [1.807, 2.05) is 0 Å². The fourth-order valence-corrected chi connectivity index (χ4v) is 3.70. The monoisotopic (exact) mass is 205 g/mol. The number of hydrogen-bond donors (Lipinski definition) is 0. The van der Waals surface area contributed by atoms with Gasteiger partial charge in [0.05, 0.1) is 23.7 Å². The second kappa shape index (κ2) is 2.68. The second-order valence-corrected chi connectivity index (χ2v) is 5.65. The van der Waals surface area contributed by atoms with E-state index in [0.29, 0.717) is 0 Å². The first kappa shape index (κ1) is 8.96. The number of likely N-dealkylation sites (N-methyl/N-ethyl adjacent to an activating group) is 1. The third kappa shape index (κ3) is 1.44. The first-order valence-corrected chi connectivity index (χ1v) is 5.89. The number of ether oxygens (including phenoxy) is 1. The van der Waals surface area contributed by atoms with Crippen LogP contribution < -0.4 is 0 Å². The number of sulfone groups is 1. The van der Waals surface area contributed by atoms with Crippen LogP contribution >= 0.6 is 0 Å². The first-order valence-electron chi connectivity index (χ1n) is 4.07. The molecule has 0 aromatic carbocycles. The lowest BCUT2D eigenvalue weighted by molar-refractivity contribution is -0.150. The highest BCUT2D eigenvalue weighted by molar-refractivity contribution is 7.91. The fourth-order valence-electron chi connectivity index (χ4n) is 1.78. The number of rotatable bonds is 0. The quantitative estimate of drug-likeness (QED) is 0.490. The van der Waals surface area contributed by atoms with Gasteiger partial charge in [0.15, 0.2) is 9.84 Å². The maximum absolute atomic E-state index is 11.2. The molecular weight excluding hydrogens is 194 g/mol. The van der Waals surface area contributed by atoms with E-state index in [2.05, 4.69) is 0 Å². The van der Waals surface area contributed by atoms with Crippen molar-refractivity contribution in [3.05, 3.63) is 0 Å². The highest BCUT2D eigenvalue weighted by Gasteiger charge is 2.45. The highest BCUT2D eigenvalue weighted by Crippen LogP contribution is 2.23. The molecule has 0 N–H and O–H groups in total. The molecule has 0 bridgehead atoms. The van der Waals surface area contributed by atoms with Crippen LogP contribution in [0.15, 0.2) is 0 Å². The summed E-state index contributed by atoms with van der Waals surface area (Å²) < 4.78 is 27.6. The average molecular weight is 205 g/mol. The van der Waals surface area contributed by atoms with E-state index in [1.54, 1.807) is 7.05 Å². The molecule has 2 aliphatic rings. The minimum absolute atomic E-state index is 0.00713. The van der Waals surface area contributed by atoms with Gasteiger partial charge in [0.1, 0.15) is 6.61 Å². The van der Waals surface area contributed by atoms with Gasteiger partial charge in [-0.25, -0.2) is 8.42 Å². The van der Waals surface area contributed by atoms with E-state index in [-0.39, 0.29) is 36.2 Å². The summed E-state index contributed by atoms with van der Waals surface area (Å²) in [5.41, 5.74) is 0. The minimum atomic E-state index is -3.00. The molecule has 2 heterocycles. The third-order valence-corrected chi connectivity index (χ3v) is 4.27. The largest absolute Gasteiger partial charge is 0.365 e. The minimum Gasteiger partial charge on any atom is -0.365 e. The summed E-state index contributed by atoms with van der Waals surface area (Å²) in [6, 6.07) is -0.272. The van der Waals surface area contributed by atoms with Crippen molar-refractivity contribution in [1.29, 1.82) is 0 Å². The Hall–Kier alpha value is -0.620. The van der Waals surface area contributed by atoms with Gasteiger partial charge in [0.25, 0.3) is 0 Å². The number of carbonyl (C=O) groups excluding carboxylic acids is 1. The van der Waals surface area contributed by atoms with Gasteiger partial charge >= 0.3 is 0 Å². The lowest BCUT2D eigenvalue weighted by Crippen LogP contribution is -2.51. The Kier molecular flexibility index (Phi) is 1.85. The molecule has 74 valence electrons. The van der Waals surface area contributed by atoms with Crippen LogP contribution in [0.2, 0.25) is 0 Å². The topological polar surface area (TPSA) is 63.7 Å².